The van der Waals surface area contributed by atoms with E-state index in [2.05, 4.69) is 20.8 Å². The van der Waals surface area contributed by atoms with Gasteiger partial charge in [0.1, 0.15) is 0 Å². The van der Waals surface area contributed by atoms with Gasteiger partial charge in [0.2, 0.25) is 0 Å². The van der Waals surface area contributed by atoms with Crippen LogP contribution in [0.2, 0.25) is 0 Å². The zero-order valence-electron chi connectivity index (χ0n) is 17.1. The molecule has 0 radical (unpaired) electrons. The third-order valence-corrected chi connectivity index (χ3v) is 5.11. The number of hydrogen-bond acceptors (Lipinski definition) is 3. The highest BCUT2D eigenvalue weighted by Gasteiger charge is 2.08. The van der Waals surface area contributed by atoms with Crippen LogP contribution in [0.5, 0.6) is 0 Å². The van der Waals surface area contributed by atoms with Crippen LogP contribution in [0.3, 0.4) is 0 Å². The van der Waals surface area contributed by atoms with Crippen molar-refractivity contribution >= 4 is 10.1 Å². The molecule has 0 atom stereocenters. The predicted octanol–water partition coefficient (Wildman–Crippen LogP) is 5.89. The van der Waals surface area contributed by atoms with Crippen LogP contribution in [-0.4, -0.2) is 18.5 Å². The molecule has 0 aromatic heterocycles. The predicted molar refractivity (Wildman–Crippen MR) is 111 cm³/mol. The maximum Gasteiger partial charge on any atom is 0.294 e. The highest BCUT2D eigenvalue weighted by Crippen LogP contribution is 2.14. The highest BCUT2D eigenvalue weighted by molar-refractivity contribution is 7.85. The molecule has 0 heterocycles. The second kappa shape index (κ2) is 13.3. The Morgan fingerprint density at radius 3 is 1.69 bits per heavy atom. The van der Waals surface area contributed by atoms with Gasteiger partial charge in [-0.25, -0.2) is 0 Å². The number of rotatable bonds is 11. The van der Waals surface area contributed by atoms with Crippen molar-refractivity contribution in [3.8, 4) is 0 Å². The van der Waals surface area contributed by atoms with Gasteiger partial charge in [0.15, 0.2) is 0 Å². The van der Waals surface area contributed by atoms with E-state index in [4.69, 9.17) is 10.3 Å². The molecular weight excluding hydrogens is 346 g/mol. The lowest BCUT2D eigenvalue weighted by molar-refractivity contribution is 0.440. The number of hydrogen-bond donors (Lipinski definition) is 2. The molecule has 0 aliphatic heterocycles. The molecule has 1 aromatic carbocycles. The third-order valence-electron chi connectivity index (χ3n) is 4.24. The molecule has 0 bridgehead atoms. The Kier molecular flexibility index (Phi) is 12.8. The molecule has 0 fully saturated rings. The third kappa shape index (κ3) is 15.4. The number of aryl methyl sites for hydroxylation is 1. The minimum atomic E-state index is -4.02. The maximum atomic E-state index is 10.5. The van der Waals surface area contributed by atoms with E-state index in [0.29, 0.717) is 0 Å². The molecular formula is C21H39NO3S. The summed E-state index contributed by atoms with van der Waals surface area (Å²) in [6.45, 7) is 8.36. The Hall–Kier alpha value is -0.910. The molecule has 0 saturated carbocycles. The Labute approximate surface area is 161 Å². The van der Waals surface area contributed by atoms with Crippen LogP contribution in [0.4, 0.5) is 0 Å². The Morgan fingerprint density at radius 1 is 0.885 bits per heavy atom. The SMILES string of the molecule is CCCCCCCCCCCC(C)(C)N.Cc1ccc(S(=O)(=O)O)cc1. The van der Waals surface area contributed by atoms with Gasteiger partial charge in [0.25, 0.3) is 10.1 Å². The Morgan fingerprint density at radius 2 is 1.31 bits per heavy atom. The first-order chi connectivity index (χ1) is 12.1. The molecule has 0 aliphatic rings. The van der Waals surface area contributed by atoms with Gasteiger partial charge in [-0.05, 0) is 39.3 Å². The molecule has 3 N–H and O–H groups in total. The van der Waals surface area contributed by atoms with Crippen LogP contribution < -0.4 is 5.73 Å². The van der Waals surface area contributed by atoms with Crippen LogP contribution >= 0.6 is 0 Å². The van der Waals surface area contributed by atoms with E-state index in [1.807, 2.05) is 6.92 Å². The summed E-state index contributed by atoms with van der Waals surface area (Å²) in [6, 6.07) is 5.99. The lowest BCUT2D eigenvalue weighted by Gasteiger charge is -2.17. The first kappa shape index (κ1) is 25.1. The first-order valence-electron chi connectivity index (χ1n) is 9.89. The summed E-state index contributed by atoms with van der Waals surface area (Å²) in [5.41, 5.74) is 6.93. The molecule has 5 heteroatoms. The fourth-order valence-electron chi connectivity index (χ4n) is 2.60. The average Bonchev–Trinajstić information content (AvgIpc) is 2.52. The summed E-state index contributed by atoms with van der Waals surface area (Å²) >= 11 is 0. The molecule has 0 saturated heterocycles. The van der Waals surface area contributed by atoms with Crippen molar-refractivity contribution in [2.24, 2.45) is 5.73 Å². The van der Waals surface area contributed by atoms with Crippen LogP contribution in [0, 0.1) is 6.92 Å². The molecule has 1 rings (SSSR count). The topological polar surface area (TPSA) is 80.4 Å². The van der Waals surface area contributed by atoms with E-state index in [1.54, 1.807) is 12.1 Å². The van der Waals surface area contributed by atoms with Crippen molar-refractivity contribution < 1.29 is 13.0 Å². The average molecular weight is 386 g/mol. The van der Waals surface area contributed by atoms with Gasteiger partial charge in [-0.15, -0.1) is 0 Å². The second-order valence-electron chi connectivity index (χ2n) is 7.86. The summed E-state index contributed by atoms with van der Waals surface area (Å²) in [7, 11) is -4.02. The highest BCUT2D eigenvalue weighted by atomic mass is 32.2. The number of nitrogens with two attached hydrogens (primary N) is 1. The number of benzene rings is 1. The first-order valence-corrected chi connectivity index (χ1v) is 11.3. The standard InChI is InChI=1S/C14H31N.C7H8O3S/c1-4-5-6-7-8-9-10-11-12-13-14(2,3)15;1-6-2-4-7(5-3-6)11(8,9)10/h4-13,15H2,1-3H3;2-5H,1H3,(H,8,9,10). The van der Waals surface area contributed by atoms with E-state index in [9.17, 15) is 8.42 Å². The summed E-state index contributed by atoms with van der Waals surface area (Å²) in [5, 5.41) is 0. The van der Waals surface area contributed by atoms with Gasteiger partial charge < -0.3 is 5.73 Å². The van der Waals surface area contributed by atoms with Gasteiger partial charge in [0.05, 0.1) is 4.90 Å². The minimum absolute atomic E-state index is 0.0428. The van der Waals surface area contributed by atoms with E-state index < -0.39 is 10.1 Å². The van der Waals surface area contributed by atoms with Crippen molar-refractivity contribution in [1.82, 2.24) is 0 Å². The molecule has 1 aromatic rings. The van der Waals surface area contributed by atoms with Gasteiger partial charge in [-0.3, -0.25) is 4.55 Å². The Bertz CT molecular complexity index is 560. The fraction of sp³-hybridized carbons (Fsp3) is 0.714. The van der Waals surface area contributed by atoms with Gasteiger partial charge in [0, 0.05) is 5.54 Å². The molecule has 0 aliphatic carbocycles. The van der Waals surface area contributed by atoms with E-state index in [0.717, 1.165) is 5.56 Å². The summed E-state index contributed by atoms with van der Waals surface area (Å²) in [5.74, 6) is 0. The van der Waals surface area contributed by atoms with Crippen molar-refractivity contribution in [1.29, 1.82) is 0 Å². The largest absolute Gasteiger partial charge is 0.326 e. The van der Waals surface area contributed by atoms with Crippen LogP contribution in [-0.2, 0) is 10.1 Å². The molecule has 4 nitrogen and oxygen atoms in total. The maximum absolute atomic E-state index is 10.5. The van der Waals surface area contributed by atoms with E-state index in [-0.39, 0.29) is 10.4 Å². The quantitative estimate of drug-likeness (QED) is 0.368. The number of unbranched alkanes of at least 4 members (excludes halogenated alkanes) is 8. The lowest BCUT2D eigenvalue weighted by atomic mass is 9.97. The van der Waals surface area contributed by atoms with Gasteiger partial charge in [-0.1, -0.05) is 82.4 Å². The van der Waals surface area contributed by atoms with E-state index >= 15 is 0 Å². The Balaban J connectivity index is 0.000000502. The smallest absolute Gasteiger partial charge is 0.294 e. The van der Waals surface area contributed by atoms with Crippen molar-refractivity contribution in [3.63, 3.8) is 0 Å². The molecule has 26 heavy (non-hydrogen) atoms. The monoisotopic (exact) mass is 385 g/mol. The summed E-state index contributed by atoms with van der Waals surface area (Å²) < 4.78 is 29.6. The van der Waals surface area contributed by atoms with Crippen molar-refractivity contribution in [3.05, 3.63) is 29.8 Å². The second-order valence-corrected chi connectivity index (χ2v) is 9.28. The van der Waals surface area contributed by atoms with E-state index in [1.165, 1.54) is 76.3 Å². The molecule has 152 valence electrons. The zero-order valence-corrected chi connectivity index (χ0v) is 17.9. The van der Waals surface area contributed by atoms with Crippen molar-refractivity contribution in [2.75, 3.05) is 0 Å². The van der Waals surface area contributed by atoms with Crippen LogP contribution in [0.15, 0.2) is 29.2 Å². The normalized spacial score (nSPS) is 11.8. The van der Waals surface area contributed by atoms with Crippen molar-refractivity contribution in [2.45, 2.75) is 102 Å². The van der Waals surface area contributed by atoms with Gasteiger partial charge >= 0.3 is 0 Å². The minimum Gasteiger partial charge on any atom is -0.326 e. The molecule has 0 spiro atoms. The van der Waals surface area contributed by atoms with Gasteiger partial charge in [-0.2, -0.15) is 8.42 Å². The summed E-state index contributed by atoms with van der Waals surface area (Å²) in [4.78, 5) is -0.0666. The molecule has 0 unspecified atom stereocenters. The van der Waals surface area contributed by atoms with Crippen LogP contribution in [0.25, 0.3) is 0 Å². The lowest BCUT2D eigenvalue weighted by Crippen LogP contribution is -2.31. The zero-order chi connectivity index (χ0) is 20.1. The summed E-state index contributed by atoms with van der Waals surface area (Å²) in [6.07, 6.45) is 13.8. The fourth-order valence-corrected chi connectivity index (χ4v) is 3.08. The van der Waals surface area contributed by atoms with Crippen LogP contribution in [0.1, 0.15) is 90.5 Å². The molecule has 0 amide bonds.